The van der Waals surface area contributed by atoms with Gasteiger partial charge in [-0.05, 0) is 35.7 Å². The first kappa shape index (κ1) is 13.8. The van der Waals surface area contributed by atoms with E-state index in [1.54, 1.807) is 6.07 Å². The number of anilines is 2. The van der Waals surface area contributed by atoms with Gasteiger partial charge in [0.25, 0.3) is 0 Å². The summed E-state index contributed by atoms with van der Waals surface area (Å²) in [7, 11) is 0. The van der Waals surface area contributed by atoms with Crippen LogP contribution in [0.2, 0.25) is 0 Å². The monoisotopic (exact) mass is 292 g/mol. The molecular weight excluding hydrogens is 277 g/mol. The zero-order chi connectivity index (χ0) is 15.0. The fraction of sp³-hybridized carbons (Fsp3) is 0.250. The molecule has 2 nitrogen and oxygen atoms in total. The first-order valence-electron chi connectivity index (χ1n) is 6.73. The minimum absolute atomic E-state index is 0.248. The number of hydrogen-bond donors (Lipinski definition) is 2. The molecule has 2 aromatic carbocycles. The molecule has 0 heterocycles. The highest BCUT2D eigenvalue weighted by Gasteiger charge is 2.33. The van der Waals surface area contributed by atoms with Crippen molar-refractivity contribution in [1.29, 1.82) is 0 Å². The fourth-order valence-corrected chi connectivity index (χ4v) is 2.70. The van der Waals surface area contributed by atoms with Crippen molar-refractivity contribution in [3.63, 3.8) is 0 Å². The van der Waals surface area contributed by atoms with Crippen LogP contribution in [0.5, 0.6) is 0 Å². The van der Waals surface area contributed by atoms with Gasteiger partial charge < -0.3 is 11.1 Å². The third-order valence-electron chi connectivity index (χ3n) is 3.87. The number of alkyl halides is 3. The van der Waals surface area contributed by atoms with Crippen molar-refractivity contribution in [2.45, 2.75) is 18.5 Å². The summed E-state index contributed by atoms with van der Waals surface area (Å²) in [5, 5.41) is 3.07. The van der Waals surface area contributed by atoms with Crippen LogP contribution in [0.3, 0.4) is 0 Å². The average Bonchev–Trinajstić information content (AvgIpc) is 2.40. The van der Waals surface area contributed by atoms with Crippen LogP contribution < -0.4 is 11.1 Å². The SMILES string of the molecule is Nc1ccc(NCC2Cc3ccccc32)cc1C(F)(F)F. The van der Waals surface area contributed by atoms with Crippen molar-refractivity contribution in [2.24, 2.45) is 0 Å². The van der Waals surface area contributed by atoms with Crippen LogP contribution in [0.1, 0.15) is 22.6 Å². The van der Waals surface area contributed by atoms with E-state index < -0.39 is 11.7 Å². The van der Waals surface area contributed by atoms with Gasteiger partial charge in [-0.25, -0.2) is 0 Å². The smallest absolute Gasteiger partial charge is 0.398 e. The van der Waals surface area contributed by atoms with Gasteiger partial charge in [-0.15, -0.1) is 0 Å². The van der Waals surface area contributed by atoms with Crippen LogP contribution in [0.25, 0.3) is 0 Å². The fourth-order valence-electron chi connectivity index (χ4n) is 2.70. The molecule has 3 N–H and O–H groups in total. The largest absolute Gasteiger partial charge is 0.418 e. The Labute approximate surface area is 120 Å². The quantitative estimate of drug-likeness (QED) is 0.838. The van der Waals surface area contributed by atoms with Gasteiger partial charge in [-0.2, -0.15) is 13.2 Å². The molecule has 21 heavy (non-hydrogen) atoms. The van der Waals surface area contributed by atoms with E-state index in [9.17, 15) is 13.2 Å². The number of benzene rings is 2. The molecule has 1 atom stereocenters. The number of nitrogen functional groups attached to an aromatic ring is 1. The molecule has 0 aromatic heterocycles. The van der Waals surface area contributed by atoms with Crippen molar-refractivity contribution in [1.82, 2.24) is 0 Å². The van der Waals surface area contributed by atoms with E-state index in [2.05, 4.69) is 17.4 Å². The van der Waals surface area contributed by atoms with Crippen molar-refractivity contribution >= 4 is 11.4 Å². The van der Waals surface area contributed by atoms with Gasteiger partial charge in [-0.3, -0.25) is 0 Å². The molecule has 1 unspecified atom stereocenters. The van der Waals surface area contributed by atoms with Gasteiger partial charge in [0.15, 0.2) is 0 Å². The number of fused-ring (bicyclic) bond motifs is 1. The second-order valence-corrected chi connectivity index (χ2v) is 5.28. The zero-order valence-corrected chi connectivity index (χ0v) is 11.2. The number of hydrogen-bond acceptors (Lipinski definition) is 2. The van der Waals surface area contributed by atoms with E-state index in [0.717, 1.165) is 12.5 Å². The van der Waals surface area contributed by atoms with Gasteiger partial charge in [-0.1, -0.05) is 24.3 Å². The summed E-state index contributed by atoms with van der Waals surface area (Å²) in [5.41, 5.74) is 7.38. The van der Waals surface area contributed by atoms with E-state index in [4.69, 9.17) is 5.73 Å². The van der Waals surface area contributed by atoms with E-state index in [0.29, 0.717) is 18.2 Å². The third kappa shape index (κ3) is 2.68. The molecule has 0 spiro atoms. The highest BCUT2D eigenvalue weighted by atomic mass is 19.4. The molecule has 0 saturated carbocycles. The summed E-state index contributed by atoms with van der Waals surface area (Å²) >= 11 is 0. The molecule has 110 valence electrons. The molecule has 5 heteroatoms. The standard InChI is InChI=1S/C16H15F3N2/c17-16(18,19)14-8-12(5-6-15(14)20)21-9-11-7-10-3-1-2-4-13(10)11/h1-6,8,11,21H,7,9,20H2. The lowest BCUT2D eigenvalue weighted by Crippen LogP contribution is -2.24. The van der Waals surface area contributed by atoms with E-state index in [-0.39, 0.29) is 5.69 Å². The molecule has 0 amide bonds. The minimum Gasteiger partial charge on any atom is -0.398 e. The van der Waals surface area contributed by atoms with Gasteiger partial charge in [0.2, 0.25) is 0 Å². The van der Waals surface area contributed by atoms with Crippen LogP contribution in [-0.2, 0) is 12.6 Å². The second kappa shape index (κ2) is 4.98. The summed E-state index contributed by atoms with van der Waals surface area (Å²) < 4.78 is 38.4. The Morgan fingerprint density at radius 2 is 1.90 bits per heavy atom. The highest BCUT2D eigenvalue weighted by Crippen LogP contribution is 2.37. The van der Waals surface area contributed by atoms with E-state index in [1.165, 1.54) is 17.2 Å². The van der Waals surface area contributed by atoms with Crippen LogP contribution in [-0.4, -0.2) is 6.54 Å². The molecule has 0 bridgehead atoms. The number of rotatable bonds is 3. The normalized spacial score (nSPS) is 17.0. The number of nitrogens with one attached hydrogen (secondary N) is 1. The van der Waals surface area contributed by atoms with Crippen LogP contribution in [0.4, 0.5) is 24.5 Å². The molecule has 2 aromatic rings. The zero-order valence-electron chi connectivity index (χ0n) is 11.2. The van der Waals surface area contributed by atoms with E-state index in [1.807, 2.05) is 12.1 Å². The van der Waals surface area contributed by atoms with Crippen molar-refractivity contribution in [2.75, 3.05) is 17.6 Å². The Kier molecular flexibility index (Phi) is 3.27. The van der Waals surface area contributed by atoms with Gasteiger partial charge in [0.1, 0.15) is 0 Å². The molecule has 0 saturated heterocycles. The second-order valence-electron chi connectivity index (χ2n) is 5.28. The van der Waals surface area contributed by atoms with Gasteiger partial charge in [0, 0.05) is 23.8 Å². The Bertz CT molecular complexity index is 665. The topological polar surface area (TPSA) is 38.0 Å². The molecule has 0 aliphatic heterocycles. The average molecular weight is 292 g/mol. The first-order chi connectivity index (χ1) is 9.95. The number of nitrogens with two attached hydrogens (primary N) is 1. The van der Waals surface area contributed by atoms with E-state index >= 15 is 0 Å². The maximum absolute atomic E-state index is 12.8. The van der Waals surface area contributed by atoms with Gasteiger partial charge in [0.05, 0.1) is 5.56 Å². The minimum atomic E-state index is -4.43. The summed E-state index contributed by atoms with van der Waals surface area (Å²) in [6.45, 7) is 0.623. The number of halogens is 3. The summed E-state index contributed by atoms with van der Waals surface area (Å²) in [6.07, 6.45) is -3.46. The first-order valence-corrected chi connectivity index (χ1v) is 6.73. The molecule has 1 aliphatic rings. The predicted octanol–water partition coefficient (Wildman–Crippen LogP) is 4.04. The summed E-state index contributed by atoms with van der Waals surface area (Å²) in [5.74, 6) is 0.355. The maximum Gasteiger partial charge on any atom is 0.418 e. The van der Waals surface area contributed by atoms with Crippen LogP contribution >= 0.6 is 0 Å². The Morgan fingerprint density at radius 1 is 1.14 bits per heavy atom. The molecule has 0 radical (unpaired) electrons. The predicted molar refractivity (Wildman–Crippen MR) is 77.2 cm³/mol. The molecule has 0 fully saturated rings. The molecule has 1 aliphatic carbocycles. The van der Waals surface area contributed by atoms with Crippen molar-refractivity contribution in [3.8, 4) is 0 Å². The van der Waals surface area contributed by atoms with Crippen molar-refractivity contribution in [3.05, 3.63) is 59.2 Å². The summed E-state index contributed by atoms with van der Waals surface area (Å²) in [6, 6.07) is 12.1. The Hall–Kier alpha value is -2.17. The lowest BCUT2D eigenvalue weighted by Gasteiger charge is -2.30. The van der Waals surface area contributed by atoms with Crippen LogP contribution in [0, 0.1) is 0 Å². The lowest BCUT2D eigenvalue weighted by molar-refractivity contribution is -0.136. The third-order valence-corrected chi connectivity index (χ3v) is 3.87. The maximum atomic E-state index is 12.8. The Balaban J connectivity index is 1.70. The van der Waals surface area contributed by atoms with Crippen molar-refractivity contribution < 1.29 is 13.2 Å². The summed E-state index contributed by atoms with van der Waals surface area (Å²) in [4.78, 5) is 0. The van der Waals surface area contributed by atoms with Crippen LogP contribution in [0.15, 0.2) is 42.5 Å². The van der Waals surface area contributed by atoms with Gasteiger partial charge >= 0.3 is 6.18 Å². The molecular formula is C16H15F3N2. The lowest BCUT2D eigenvalue weighted by atomic mass is 9.77. The Morgan fingerprint density at radius 3 is 2.62 bits per heavy atom. The highest BCUT2D eigenvalue weighted by molar-refractivity contribution is 5.58. The molecule has 3 rings (SSSR count).